The Morgan fingerprint density at radius 3 is 1.81 bits per heavy atom. The van der Waals surface area contributed by atoms with Crippen molar-refractivity contribution in [1.82, 2.24) is 4.98 Å². The van der Waals surface area contributed by atoms with E-state index in [1.807, 2.05) is 0 Å². The quantitative estimate of drug-likeness (QED) is 0.699. The summed E-state index contributed by atoms with van der Waals surface area (Å²) in [6.45, 7) is 0. The Bertz CT molecular complexity index is 1140. The zero-order valence-corrected chi connectivity index (χ0v) is 13.3. The van der Waals surface area contributed by atoms with Gasteiger partial charge in [-0.25, -0.2) is 0 Å². The lowest BCUT2D eigenvalue weighted by molar-refractivity contribution is -0.112. The highest BCUT2D eigenvalue weighted by Crippen LogP contribution is 2.42. The lowest BCUT2D eigenvalue weighted by Crippen LogP contribution is -2.14. The number of ketones is 1. The highest BCUT2D eigenvalue weighted by atomic mass is 16.2. The van der Waals surface area contributed by atoms with Gasteiger partial charge in [0.15, 0.2) is 0 Å². The molecule has 0 saturated carbocycles. The molecule has 6 heteroatoms. The van der Waals surface area contributed by atoms with E-state index in [2.05, 4.69) is 22.4 Å². The smallest absolute Gasteiger partial charge is 0.298 e. The molecule has 1 aliphatic heterocycles. The van der Waals surface area contributed by atoms with E-state index in [9.17, 15) is 9.59 Å². The van der Waals surface area contributed by atoms with Crippen molar-refractivity contribution >= 4 is 17.4 Å². The van der Waals surface area contributed by atoms with Crippen molar-refractivity contribution in [3.8, 4) is 34.5 Å². The number of H-pyrrole nitrogens is 1. The fourth-order valence-corrected chi connectivity index (χ4v) is 3.01. The van der Waals surface area contributed by atoms with Gasteiger partial charge in [0.25, 0.3) is 11.7 Å². The SMILES string of the molecule is N#Cc1ccc(-c2[nH]c3c(c2-c2ccc(C#N)cc2)NC(=O)C3=O)cc1. The average Bonchev–Trinajstić information content (AvgIpc) is 3.18. The summed E-state index contributed by atoms with van der Waals surface area (Å²) in [6.07, 6.45) is 0. The summed E-state index contributed by atoms with van der Waals surface area (Å²) in [5.74, 6) is -1.29. The second-order valence-electron chi connectivity index (χ2n) is 5.79. The number of carbonyl (C=O) groups is 2. The first-order valence-electron chi connectivity index (χ1n) is 7.75. The lowest BCUT2D eigenvalue weighted by Gasteiger charge is -2.08. The van der Waals surface area contributed by atoms with E-state index in [1.54, 1.807) is 48.5 Å². The first-order chi connectivity index (χ1) is 12.6. The van der Waals surface area contributed by atoms with Crippen molar-refractivity contribution in [2.75, 3.05) is 5.32 Å². The van der Waals surface area contributed by atoms with Gasteiger partial charge in [-0.15, -0.1) is 0 Å². The van der Waals surface area contributed by atoms with Gasteiger partial charge in [0.2, 0.25) is 0 Å². The zero-order valence-electron chi connectivity index (χ0n) is 13.3. The van der Waals surface area contributed by atoms with Crippen molar-refractivity contribution in [1.29, 1.82) is 10.5 Å². The van der Waals surface area contributed by atoms with Crippen molar-refractivity contribution < 1.29 is 9.59 Å². The van der Waals surface area contributed by atoms with Gasteiger partial charge in [-0.3, -0.25) is 9.59 Å². The Hall–Kier alpha value is -4.16. The highest BCUT2D eigenvalue weighted by molar-refractivity contribution is 6.52. The van der Waals surface area contributed by atoms with Crippen LogP contribution in [-0.4, -0.2) is 16.7 Å². The number of carbonyl (C=O) groups excluding carboxylic acids is 2. The zero-order chi connectivity index (χ0) is 18.3. The molecule has 1 aliphatic rings. The van der Waals surface area contributed by atoms with Gasteiger partial charge in [-0.1, -0.05) is 24.3 Å². The molecule has 0 bridgehead atoms. The van der Waals surface area contributed by atoms with Gasteiger partial charge in [-0.05, 0) is 35.4 Å². The number of anilines is 1. The number of hydrogen-bond acceptors (Lipinski definition) is 4. The summed E-state index contributed by atoms with van der Waals surface area (Å²) < 4.78 is 0. The number of nitrogens with one attached hydrogen (secondary N) is 2. The Labute approximate surface area is 148 Å². The molecule has 0 fully saturated rings. The minimum absolute atomic E-state index is 0.216. The number of hydrogen-bond donors (Lipinski definition) is 2. The van der Waals surface area contributed by atoms with E-state index in [0.717, 1.165) is 11.1 Å². The van der Waals surface area contributed by atoms with Gasteiger partial charge in [-0.2, -0.15) is 10.5 Å². The monoisotopic (exact) mass is 338 g/mol. The Balaban J connectivity index is 1.94. The largest absolute Gasteiger partial charge is 0.349 e. The van der Waals surface area contributed by atoms with Crippen LogP contribution in [0.3, 0.4) is 0 Å². The summed E-state index contributed by atoms with van der Waals surface area (Å²) in [6, 6.07) is 17.9. The van der Waals surface area contributed by atoms with Crippen molar-refractivity contribution in [3.63, 3.8) is 0 Å². The number of nitrogens with zero attached hydrogens (tertiary/aromatic N) is 2. The van der Waals surface area contributed by atoms with Crippen LogP contribution in [0.5, 0.6) is 0 Å². The number of aromatic amines is 1. The van der Waals surface area contributed by atoms with E-state index in [-0.39, 0.29) is 5.69 Å². The third kappa shape index (κ3) is 2.26. The van der Waals surface area contributed by atoms with Gasteiger partial charge < -0.3 is 10.3 Å². The topological polar surface area (TPSA) is 110 Å². The number of amides is 1. The summed E-state index contributed by atoms with van der Waals surface area (Å²) in [4.78, 5) is 26.9. The number of aromatic nitrogens is 1. The second kappa shape index (κ2) is 5.73. The van der Waals surface area contributed by atoms with E-state index in [1.165, 1.54) is 0 Å². The molecule has 1 amide bonds. The van der Waals surface area contributed by atoms with E-state index in [4.69, 9.17) is 10.5 Å². The Morgan fingerprint density at radius 1 is 0.731 bits per heavy atom. The Morgan fingerprint density at radius 2 is 1.27 bits per heavy atom. The van der Waals surface area contributed by atoms with Crippen LogP contribution in [0.15, 0.2) is 48.5 Å². The molecule has 26 heavy (non-hydrogen) atoms. The van der Waals surface area contributed by atoms with Crippen LogP contribution in [0.25, 0.3) is 22.4 Å². The number of benzene rings is 2. The molecule has 122 valence electrons. The molecule has 0 aliphatic carbocycles. The van der Waals surface area contributed by atoms with Crippen LogP contribution in [-0.2, 0) is 4.79 Å². The number of nitriles is 2. The number of Topliss-reactive ketones (excluding diaryl/α,β-unsaturated/α-hetero) is 1. The van der Waals surface area contributed by atoms with Crippen molar-refractivity contribution in [2.45, 2.75) is 0 Å². The van der Waals surface area contributed by atoms with Gasteiger partial charge in [0.05, 0.1) is 34.6 Å². The van der Waals surface area contributed by atoms with Gasteiger partial charge in [0, 0.05) is 5.56 Å². The predicted octanol–water partition coefficient (Wildman–Crippen LogP) is 3.23. The predicted molar refractivity (Wildman–Crippen MR) is 94.1 cm³/mol. The molecule has 0 spiro atoms. The van der Waals surface area contributed by atoms with E-state index >= 15 is 0 Å². The summed E-state index contributed by atoms with van der Waals surface area (Å²) in [5, 5.41) is 20.6. The molecular weight excluding hydrogens is 328 g/mol. The van der Waals surface area contributed by atoms with Gasteiger partial charge in [0.1, 0.15) is 5.69 Å². The molecule has 6 nitrogen and oxygen atoms in total. The third-order valence-electron chi connectivity index (χ3n) is 4.28. The van der Waals surface area contributed by atoms with Gasteiger partial charge >= 0.3 is 0 Å². The van der Waals surface area contributed by atoms with Crippen LogP contribution in [0.1, 0.15) is 21.6 Å². The molecule has 0 atom stereocenters. The minimum Gasteiger partial charge on any atom is -0.349 e. The van der Waals surface area contributed by atoms with Crippen LogP contribution in [0.2, 0.25) is 0 Å². The highest BCUT2D eigenvalue weighted by Gasteiger charge is 2.34. The number of fused-ring (bicyclic) bond motifs is 1. The molecule has 0 radical (unpaired) electrons. The molecule has 2 aromatic carbocycles. The molecule has 2 heterocycles. The first kappa shape index (κ1) is 15.4. The molecule has 1 aromatic heterocycles. The molecule has 0 unspecified atom stereocenters. The maximum absolute atomic E-state index is 12.1. The molecule has 4 rings (SSSR count). The fourth-order valence-electron chi connectivity index (χ4n) is 3.01. The second-order valence-corrected chi connectivity index (χ2v) is 5.79. The maximum atomic E-state index is 12.1. The van der Waals surface area contributed by atoms with Crippen molar-refractivity contribution in [3.05, 3.63) is 65.4 Å². The summed E-state index contributed by atoms with van der Waals surface area (Å²) in [7, 11) is 0. The van der Waals surface area contributed by atoms with Crippen LogP contribution in [0, 0.1) is 22.7 Å². The first-order valence-corrected chi connectivity index (χ1v) is 7.75. The average molecular weight is 338 g/mol. The lowest BCUT2D eigenvalue weighted by atomic mass is 9.98. The van der Waals surface area contributed by atoms with Crippen LogP contribution in [0.4, 0.5) is 5.69 Å². The third-order valence-corrected chi connectivity index (χ3v) is 4.28. The van der Waals surface area contributed by atoms with E-state index < -0.39 is 11.7 Å². The fraction of sp³-hybridized carbons (Fsp3) is 0. The normalized spacial score (nSPS) is 12.2. The summed E-state index contributed by atoms with van der Waals surface area (Å²) >= 11 is 0. The van der Waals surface area contributed by atoms with E-state index in [0.29, 0.717) is 28.1 Å². The van der Waals surface area contributed by atoms with Crippen molar-refractivity contribution in [2.24, 2.45) is 0 Å². The molecular formula is C20H10N4O2. The summed E-state index contributed by atoms with van der Waals surface area (Å²) in [5.41, 5.74) is 4.57. The Kier molecular flexibility index (Phi) is 3.39. The maximum Gasteiger partial charge on any atom is 0.298 e. The minimum atomic E-state index is -0.674. The van der Waals surface area contributed by atoms with Crippen LogP contribution >= 0.6 is 0 Å². The molecule has 0 saturated heterocycles. The van der Waals surface area contributed by atoms with Crippen LogP contribution < -0.4 is 5.32 Å². The molecule has 2 N–H and O–H groups in total. The standard InChI is InChI=1S/C20H10N4O2/c21-9-11-1-5-13(6-2-11)15-16(14-7-3-12(10-22)4-8-14)23-18-17(15)24-20(26)19(18)25/h1-8,23H,(H,24,25,26). The molecule has 3 aromatic rings. The number of rotatable bonds is 2.